The number of thioether (sulfide) groups is 1. The number of hydrogen-bond donors (Lipinski definition) is 2. The monoisotopic (exact) mass is 699 g/mol. The van der Waals surface area contributed by atoms with Crippen molar-refractivity contribution in [3.8, 4) is 11.1 Å². The van der Waals surface area contributed by atoms with Crippen molar-refractivity contribution < 1.29 is 18.7 Å². The lowest BCUT2D eigenvalue weighted by atomic mass is 10.0. The fourth-order valence-electron chi connectivity index (χ4n) is 4.74. The summed E-state index contributed by atoms with van der Waals surface area (Å²) in [6.45, 7) is 12.2. The molecule has 3 heterocycles. The molecule has 3 aromatic heterocycles. The lowest BCUT2D eigenvalue weighted by Gasteiger charge is -2.19. The maximum atomic E-state index is 15.5. The first-order chi connectivity index (χ1) is 21.3. The predicted molar refractivity (Wildman–Crippen MR) is 183 cm³/mol. The van der Waals surface area contributed by atoms with Gasteiger partial charge in [-0.25, -0.2) is 9.67 Å². The Morgan fingerprint density at radius 1 is 1.16 bits per heavy atom. The summed E-state index contributed by atoms with van der Waals surface area (Å²) in [4.78, 5) is 29.9. The van der Waals surface area contributed by atoms with Gasteiger partial charge in [0.15, 0.2) is 0 Å². The van der Waals surface area contributed by atoms with Crippen molar-refractivity contribution in [3.63, 3.8) is 0 Å². The number of aromatic nitrogens is 5. The van der Waals surface area contributed by atoms with Crippen LogP contribution in [0.15, 0.2) is 24.4 Å². The van der Waals surface area contributed by atoms with Crippen molar-refractivity contribution in [2.45, 2.75) is 89.4 Å². The van der Waals surface area contributed by atoms with Crippen molar-refractivity contribution in [1.29, 1.82) is 0 Å². The predicted octanol–water partition coefficient (Wildman–Crippen LogP) is 6.54. The quantitative estimate of drug-likeness (QED) is 0.0671. The van der Waals surface area contributed by atoms with E-state index in [0.29, 0.717) is 49.4 Å². The van der Waals surface area contributed by atoms with E-state index < -0.39 is 36.7 Å². The van der Waals surface area contributed by atoms with E-state index in [0.717, 1.165) is 17.5 Å². The SMILES string of the molecule is CCc1c(-c2ccc(NC(=O)[C@H](CCCC(Cl)Cl)NC(=O)c3ccnn3CCSC)nc2F)c(C)nn1COCC[Si](C)(C)C. The third kappa shape index (κ3) is 11.1. The van der Waals surface area contributed by atoms with Crippen molar-refractivity contribution in [2.24, 2.45) is 0 Å². The largest absolute Gasteiger partial charge is 0.360 e. The molecule has 0 fully saturated rings. The number of aryl methyl sites for hydroxylation is 2. The third-order valence-electron chi connectivity index (χ3n) is 7.14. The summed E-state index contributed by atoms with van der Waals surface area (Å²) in [7, 11) is -1.22. The zero-order valence-electron chi connectivity index (χ0n) is 26.8. The molecule has 248 valence electrons. The van der Waals surface area contributed by atoms with Crippen LogP contribution in [0.25, 0.3) is 11.1 Å². The summed E-state index contributed by atoms with van der Waals surface area (Å²) < 4.78 is 24.8. The Bertz CT molecular complexity index is 1430. The highest BCUT2D eigenvalue weighted by atomic mass is 35.5. The second kappa shape index (κ2) is 17.5. The Morgan fingerprint density at radius 3 is 2.56 bits per heavy atom. The van der Waals surface area contributed by atoms with Gasteiger partial charge in [-0.15, -0.1) is 23.2 Å². The lowest BCUT2D eigenvalue weighted by Crippen LogP contribution is -2.44. The Kier molecular flexibility index (Phi) is 14.4. The Balaban J connectivity index is 1.76. The minimum atomic E-state index is -1.22. The van der Waals surface area contributed by atoms with Gasteiger partial charge in [0.1, 0.15) is 29.1 Å². The molecule has 15 heteroatoms. The van der Waals surface area contributed by atoms with E-state index in [1.165, 1.54) is 0 Å². The van der Waals surface area contributed by atoms with Crippen molar-refractivity contribution in [3.05, 3.63) is 47.4 Å². The highest BCUT2D eigenvalue weighted by Gasteiger charge is 2.25. The van der Waals surface area contributed by atoms with Gasteiger partial charge in [-0.3, -0.25) is 14.3 Å². The average molecular weight is 701 g/mol. The molecule has 0 aliphatic heterocycles. The molecule has 0 unspecified atom stereocenters. The fourth-order valence-corrected chi connectivity index (χ4v) is 6.16. The summed E-state index contributed by atoms with van der Waals surface area (Å²) in [5.41, 5.74) is 2.79. The molecule has 3 aromatic rings. The number of pyridine rings is 1. The van der Waals surface area contributed by atoms with E-state index in [1.54, 1.807) is 45.5 Å². The molecular weight excluding hydrogens is 656 g/mol. The number of nitrogens with one attached hydrogen (secondary N) is 2. The number of carbonyl (C=O) groups is 2. The molecule has 3 rings (SSSR count). The summed E-state index contributed by atoms with van der Waals surface area (Å²) in [5, 5.41) is 14.3. The number of halogens is 3. The van der Waals surface area contributed by atoms with E-state index in [2.05, 4.69) is 45.5 Å². The molecule has 0 radical (unpaired) electrons. The summed E-state index contributed by atoms with van der Waals surface area (Å²) in [6, 6.07) is 4.83. The minimum absolute atomic E-state index is 0.0239. The van der Waals surface area contributed by atoms with Crippen molar-refractivity contribution in [1.82, 2.24) is 29.9 Å². The second-order valence-electron chi connectivity index (χ2n) is 11.9. The summed E-state index contributed by atoms with van der Waals surface area (Å²) >= 11 is 13.4. The molecular formula is C30H44Cl2FN7O3SSi. The zero-order valence-corrected chi connectivity index (χ0v) is 30.2. The molecule has 1 atom stereocenters. The van der Waals surface area contributed by atoms with Crippen LogP contribution in [-0.2, 0) is 29.2 Å². The van der Waals surface area contributed by atoms with Gasteiger partial charge in [-0.05, 0) is 63.1 Å². The van der Waals surface area contributed by atoms with E-state index >= 15 is 4.39 Å². The average Bonchev–Trinajstić information content (AvgIpc) is 3.56. The second-order valence-corrected chi connectivity index (χ2v) is 19.8. The first-order valence-electron chi connectivity index (χ1n) is 15.1. The number of alkyl halides is 2. The number of amides is 2. The van der Waals surface area contributed by atoms with Crippen LogP contribution in [0.3, 0.4) is 0 Å². The fraction of sp³-hybridized carbons (Fsp3) is 0.567. The van der Waals surface area contributed by atoms with E-state index in [9.17, 15) is 9.59 Å². The van der Waals surface area contributed by atoms with Gasteiger partial charge < -0.3 is 15.4 Å². The van der Waals surface area contributed by atoms with Crippen LogP contribution >= 0.6 is 35.0 Å². The van der Waals surface area contributed by atoms with Gasteiger partial charge in [0.2, 0.25) is 11.9 Å². The molecule has 10 nitrogen and oxygen atoms in total. The zero-order chi connectivity index (χ0) is 33.1. The molecule has 0 saturated heterocycles. The smallest absolute Gasteiger partial charge is 0.270 e. The molecule has 2 amide bonds. The van der Waals surface area contributed by atoms with Crippen molar-refractivity contribution >= 4 is 60.7 Å². The standard InChI is InChI=1S/C30H44Cl2FN7O3SSi/c1-7-23-27(20(2)38-40(23)19-43-16-18-45(4,5)6)21-11-12-26(36-28(21)33)37-29(41)22(9-8-10-25(31)32)35-30(42)24-13-14-34-39(24)15-17-44-3/h11-14,22,25H,7-10,15-19H2,1-6H3,(H,35,42)(H,36,37,41)/t22-/m0/s1. The topological polar surface area (TPSA) is 116 Å². The van der Waals surface area contributed by atoms with Gasteiger partial charge >= 0.3 is 0 Å². The lowest BCUT2D eigenvalue weighted by molar-refractivity contribution is -0.118. The number of anilines is 1. The van der Waals surface area contributed by atoms with Crippen LogP contribution in [0.2, 0.25) is 25.7 Å². The normalized spacial score (nSPS) is 12.5. The number of ether oxygens (including phenoxy) is 1. The minimum Gasteiger partial charge on any atom is -0.360 e. The number of rotatable bonds is 18. The molecule has 0 aromatic carbocycles. The molecule has 0 saturated carbocycles. The van der Waals surface area contributed by atoms with Crippen LogP contribution in [0.1, 0.15) is 48.1 Å². The molecule has 0 bridgehead atoms. The summed E-state index contributed by atoms with van der Waals surface area (Å²) in [6.07, 6.45) is 5.32. The molecule has 0 spiro atoms. The number of nitrogens with zero attached hydrogens (tertiary/aromatic N) is 5. The third-order valence-corrected chi connectivity index (χ3v) is 9.87. The Morgan fingerprint density at radius 2 is 1.91 bits per heavy atom. The maximum Gasteiger partial charge on any atom is 0.270 e. The highest BCUT2D eigenvalue weighted by molar-refractivity contribution is 7.98. The van der Waals surface area contributed by atoms with Crippen LogP contribution in [0, 0.1) is 12.9 Å². The van der Waals surface area contributed by atoms with Gasteiger partial charge in [-0.2, -0.15) is 26.3 Å². The molecule has 45 heavy (non-hydrogen) atoms. The van der Waals surface area contributed by atoms with Gasteiger partial charge in [0.05, 0.1) is 12.2 Å². The number of carbonyl (C=O) groups excluding carboxylic acids is 2. The molecule has 0 aliphatic carbocycles. The van der Waals surface area contributed by atoms with Crippen LogP contribution in [0.5, 0.6) is 0 Å². The molecule has 0 aliphatic rings. The first-order valence-corrected chi connectivity index (χ1v) is 21.0. The van der Waals surface area contributed by atoms with E-state index in [1.807, 2.05) is 20.1 Å². The van der Waals surface area contributed by atoms with Gasteiger partial charge in [0.25, 0.3) is 5.91 Å². The molecule has 2 N–H and O–H groups in total. The highest BCUT2D eigenvalue weighted by Crippen LogP contribution is 2.30. The van der Waals surface area contributed by atoms with E-state index in [4.69, 9.17) is 27.9 Å². The van der Waals surface area contributed by atoms with Crippen molar-refractivity contribution in [2.75, 3.05) is 23.9 Å². The van der Waals surface area contributed by atoms with Crippen LogP contribution in [0.4, 0.5) is 10.2 Å². The number of hydrogen-bond acceptors (Lipinski definition) is 7. The van der Waals surface area contributed by atoms with Crippen LogP contribution in [-0.4, -0.2) is 73.9 Å². The van der Waals surface area contributed by atoms with Crippen LogP contribution < -0.4 is 10.6 Å². The Hall–Kier alpha value is -2.45. The maximum absolute atomic E-state index is 15.5. The summed E-state index contributed by atoms with van der Waals surface area (Å²) in [5.74, 6) is -0.919. The van der Waals surface area contributed by atoms with E-state index in [-0.39, 0.29) is 24.5 Å². The first kappa shape index (κ1) is 37.0. The Labute approximate surface area is 280 Å². The van der Waals surface area contributed by atoms with Gasteiger partial charge in [0, 0.05) is 43.5 Å². The van der Waals surface area contributed by atoms with Gasteiger partial charge in [-0.1, -0.05) is 26.6 Å².